The second-order valence-electron chi connectivity index (χ2n) is 8.20. The Balaban J connectivity index is 0.00000300. The van der Waals surface area contributed by atoms with E-state index in [0.717, 1.165) is 75.6 Å². The topological polar surface area (TPSA) is 50.8 Å². The van der Waals surface area contributed by atoms with Gasteiger partial charge in [-0.2, -0.15) is 0 Å². The third kappa shape index (κ3) is 6.78. The molecule has 2 saturated heterocycles. The second-order valence-corrected chi connectivity index (χ2v) is 8.20. The molecular formula is C23H37ClN2O3. The Hall–Kier alpha value is -1.46. The number of piperidine rings is 2. The molecule has 0 saturated carbocycles. The number of carbonyl (C=O) groups is 1. The van der Waals surface area contributed by atoms with Gasteiger partial charge in [0.2, 0.25) is 5.91 Å². The predicted molar refractivity (Wildman–Crippen MR) is 119 cm³/mol. The first-order valence-corrected chi connectivity index (χ1v) is 10.9. The molecule has 1 aromatic carbocycles. The molecule has 0 aliphatic carbocycles. The quantitative estimate of drug-likeness (QED) is 0.678. The summed E-state index contributed by atoms with van der Waals surface area (Å²) in [6.07, 6.45) is 9.70. The highest BCUT2D eigenvalue weighted by Crippen LogP contribution is 2.29. The van der Waals surface area contributed by atoms with Gasteiger partial charge in [-0.15, -0.1) is 12.4 Å². The monoisotopic (exact) mass is 424 g/mol. The fraction of sp³-hybridized carbons (Fsp3) is 0.696. The van der Waals surface area contributed by atoms with Crippen LogP contribution in [-0.4, -0.2) is 50.7 Å². The lowest BCUT2D eigenvalue weighted by molar-refractivity contribution is -0.135. The number of nitrogens with zero attached hydrogens (tertiary/aromatic N) is 1. The second kappa shape index (κ2) is 12.3. The molecule has 3 rings (SSSR count). The van der Waals surface area contributed by atoms with E-state index in [4.69, 9.17) is 9.47 Å². The number of benzene rings is 1. The zero-order valence-electron chi connectivity index (χ0n) is 18.0. The number of hydrogen-bond acceptors (Lipinski definition) is 4. The van der Waals surface area contributed by atoms with E-state index < -0.39 is 0 Å². The van der Waals surface area contributed by atoms with Crippen molar-refractivity contribution in [3.05, 3.63) is 23.8 Å². The Morgan fingerprint density at radius 3 is 2.55 bits per heavy atom. The Morgan fingerprint density at radius 1 is 1.07 bits per heavy atom. The van der Waals surface area contributed by atoms with Crippen LogP contribution < -0.4 is 14.8 Å². The van der Waals surface area contributed by atoms with Gasteiger partial charge in [-0.1, -0.05) is 6.07 Å². The molecule has 164 valence electrons. The number of amides is 1. The average Bonchev–Trinajstić information content (AvgIpc) is 2.76. The summed E-state index contributed by atoms with van der Waals surface area (Å²) in [5.41, 5.74) is 1.24. The standard InChI is InChI=1S/C23H36N2O3.ClH/c1-27-21-10-7-19(17-22(21)28-2)6-9-20-5-3-4-16-25(20)23(26)11-8-18-12-14-24-15-13-18;/h7,10,17-18,20,24H,3-6,8-9,11-16H2,1-2H3;1H. The first kappa shape index (κ1) is 23.8. The molecule has 1 N–H and O–H groups in total. The smallest absolute Gasteiger partial charge is 0.222 e. The van der Waals surface area contributed by atoms with Gasteiger partial charge >= 0.3 is 0 Å². The summed E-state index contributed by atoms with van der Waals surface area (Å²) >= 11 is 0. The Labute approximate surface area is 181 Å². The Morgan fingerprint density at radius 2 is 1.83 bits per heavy atom. The van der Waals surface area contributed by atoms with E-state index in [2.05, 4.69) is 22.3 Å². The van der Waals surface area contributed by atoms with E-state index in [9.17, 15) is 4.79 Å². The highest BCUT2D eigenvalue weighted by Gasteiger charge is 2.27. The van der Waals surface area contributed by atoms with Crippen molar-refractivity contribution in [3.8, 4) is 11.5 Å². The lowest BCUT2D eigenvalue weighted by atomic mass is 9.91. The molecule has 2 aliphatic heterocycles. The zero-order valence-corrected chi connectivity index (χ0v) is 18.8. The van der Waals surface area contributed by atoms with Crippen LogP contribution in [0.4, 0.5) is 0 Å². The number of methoxy groups -OCH3 is 2. The van der Waals surface area contributed by atoms with Gasteiger partial charge in [0.1, 0.15) is 0 Å². The molecule has 2 aliphatic rings. The summed E-state index contributed by atoms with van der Waals surface area (Å²) in [4.78, 5) is 15.1. The molecule has 29 heavy (non-hydrogen) atoms. The number of halogens is 1. The van der Waals surface area contributed by atoms with Gasteiger partial charge in [-0.3, -0.25) is 4.79 Å². The first-order valence-electron chi connectivity index (χ1n) is 10.9. The average molecular weight is 425 g/mol. The van der Waals surface area contributed by atoms with Crippen molar-refractivity contribution >= 4 is 18.3 Å². The number of hydrogen-bond donors (Lipinski definition) is 1. The van der Waals surface area contributed by atoms with Crippen LogP contribution >= 0.6 is 12.4 Å². The Bertz CT molecular complexity index is 635. The highest BCUT2D eigenvalue weighted by atomic mass is 35.5. The van der Waals surface area contributed by atoms with E-state index in [-0.39, 0.29) is 12.4 Å². The Kier molecular flexibility index (Phi) is 10.1. The summed E-state index contributed by atoms with van der Waals surface area (Å²) in [5.74, 6) is 2.63. The summed E-state index contributed by atoms with van der Waals surface area (Å²) < 4.78 is 10.8. The molecule has 6 heteroatoms. The van der Waals surface area contributed by atoms with Crippen LogP contribution in [0.15, 0.2) is 18.2 Å². The summed E-state index contributed by atoms with van der Waals surface area (Å²) in [6, 6.07) is 6.51. The lowest BCUT2D eigenvalue weighted by Gasteiger charge is -2.36. The van der Waals surface area contributed by atoms with Crippen LogP contribution in [0, 0.1) is 5.92 Å². The fourth-order valence-electron chi connectivity index (χ4n) is 4.64. The third-order valence-corrected chi connectivity index (χ3v) is 6.39. The molecule has 1 aromatic rings. The number of rotatable bonds is 8. The highest BCUT2D eigenvalue weighted by molar-refractivity contribution is 5.85. The molecule has 2 fully saturated rings. The number of likely N-dealkylation sites (tertiary alicyclic amines) is 1. The molecule has 1 amide bonds. The normalized spacial score (nSPS) is 20.1. The molecule has 0 aromatic heterocycles. The maximum atomic E-state index is 12.9. The van der Waals surface area contributed by atoms with E-state index in [1.165, 1.54) is 24.8 Å². The minimum absolute atomic E-state index is 0. The minimum atomic E-state index is 0. The molecular weight excluding hydrogens is 388 g/mol. The van der Waals surface area contributed by atoms with Gasteiger partial charge in [0.05, 0.1) is 14.2 Å². The van der Waals surface area contributed by atoms with Gasteiger partial charge in [-0.05, 0) is 88.1 Å². The number of aryl methyl sites for hydroxylation is 1. The van der Waals surface area contributed by atoms with Gasteiger partial charge in [0, 0.05) is 19.0 Å². The molecule has 0 spiro atoms. The summed E-state index contributed by atoms with van der Waals surface area (Å²) in [5, 5.41) is 3.41. The van der Waals surface area contributed by atoms with E-state index in [0.29, 0.717) is 11.9 Å². The molecule has 5 nitrogen and oxygen atoms in total. The van der Waals surface area contributed by atoms with Gasteiger partial charge in [-0.25, -0.2) is 0 Å². The number of carbonyl (C=O) groups excluding carboxylic acids is 1. The predicted octanol–water partition coefficient (Wildman–Crippen LogP) is 4.22. The van der Waals surface area contributed by atoms with Crippen molar-refractivity contribution in [1.82, 2.24) is 10.2 Å². The van der Waals surface area contributed by atoms with Crippen molar-refractivity contribution in [2.45, 2.75) is 63.8 Å². The van der Waals surface area contributed by atoms with E-state index >= 15 is 0 Å². The van der Waals surface area contributed by atoms with Gasteiger partial charge in [0.25, 0.3) is 0 Å². The SMILES string of the molecule is COc1ccc(CCC2CCCCN2C(=O)CCC2CCNCC2)cc1OC.Cl. The van der Waals surface area contributed by atoms with Crippen molar-refractivity contribution in [2.75, 3.05) is 33.9 Å². The third-order valence-electron chi connectivity index (χ3n) is 6.39. The van der Waals surface area contributed by atoms with Gasteiger partial charge in [0.15, 0.2) is 11.5 Å². The number of ether oxygens (including phenoxy) is 2. The molecule has 0 bridgehead atoms. The van der Waals surface area contributed by atoms with Crippen LogP contribution in [0.2, 0.25) is 0 Å². The van der Waals surface area contributed by atoms with Crippen LogP contribution in [0.5, 0.6) is 11.5 Å². The van der Waals surface area contributed by atoms with Gasteiger partial charge < -0.3 is 19.7 Å². The maximum absolute atomic E-state index is 12.9. The molecule has 2 heterocycles. The van der Waals surface area contributed by atoms with Crippen LogP contribution in [0.1, 0.15) is 56.9 Å². The first-order chi connectivity index (χ1) is 13.7. The summed E-state index contributed by atoms with van der Waals surface area (Å²) in [7, 11) is 3.33. The molecule has 1 unspecified atom stereocenters. The molecule has 0 radical (unpaired) electrons. The lowest BCUT2D eigenvalue weighted by Crippen LogP contribution is -2.44. The van der Waals surface area contributed by atoms with E-state index in [1.807, 2.05) is 6.07 Å². The van der Waals surface area contributed by atoms with Crippen LogP contribution in [0.25, 0.3) is 0 Å². The zero-order chi connectivity index (χ0) is 19.8. The van der Waals surface area contributed by atoms with Crippen molar-refractivity contribution in [2.24, 2.45) is 5.92 Å². The maximum Gasteiger partial charge on any atom is 0.222 e. The number of nitrogens with one attached hydrogen (secondary N) is 1. The fourth-order valence-corrected chi connectivity index (χ4v) is 4.64. The van der Waals surface area contributed by atoms with Crippen LogP contribution in [0.3, 0.4) is 0 Å². The van der Waals surface area contributed by atoms with Crippen molar-refractivity contribution in [1.29, 1.82) is 0 Å². The largest absolute Gasteiger partial charge is 0.493 e. The summed E-state index contributed by atoms with van der Waals surface area (Å²) in [6.45, 7) is 3.15. The van der Waals surface area contributed by atoms with Crippen molar-refractivity contribution in [3.63, 3.8) is 0 Å². The minimum Gasteiger partial charge on any atom is -0.493 e. The van der Waals surface area contributed by atoms with E-state index in [1.54, 1.807) is 14.2 Å². The molecule has 1 atom stereocenters. The van der Waals surface area contributed by atoms with Crippen LogP contribution in [-0.2, 0) is 11.2 Å². The van der Waals surface area contributed by atoms with Crippen molar-refractivity contribution < 1.29 is 14.3 Å².